The number of phenols is 1. The van der Waals surface area contributed by atoms with Gasteiger partial charge in [-0.05, 0) is 19.1 Å². The molecule has 0 saturated heterocycles. The summed E-state index contributed by atoms with van der Waals surface area (Å²) in [5, 5.41) is 18.5. The molecule has 2 aromatic rings. The van der Waals surface area contributed by atoms with Gasteiger partial charge in [0.1, 0.15) is 10.6 Å². The van der Waals surface area contributed by atoms with Gasteiger partial charge in [-0.2, -0.15) is 0 Å². The van der Waals surface area contributed by atoms with Crippen molar-refractivity contribution < 1.29 is 23.4 Å². The number of aryl methyl sites for hydroxylation is 1. The summed E-state index contributed by atoms with van der Waals surface area (Å²) in [6, 6.07) is 7.51. The molecule has 0 aliphatic heterocycles. The maximum absolute atomic E-state index is 12.2. The lowest BCUT2D eigenvalue weighted by atomic mass is 10.2. The molecular weight excluding hydrogens is 314 g/mol. The zero-order chi connectivity index (χ0) is 15.6. The topological polar surface area (TPSA) is 104 Å². The van der Waals surface area contributed by atoms with E-state index in [0.29, 0.717) is 10.4 Å². The molecule has 112 valence electrons. The highest BCUT2D eigenvalue weighted by Crippen LogP contribution is 2.26. The maximum atomic E-state index is 12.2. The number of thiophene rings is 1. The van der Waals surface area contributed by atoms with Crippen LogP contribution in [0.25, 0.3) is 0 Å². The monoisotopic (exact) mass is 327 g/mol. The first-order valence-electron chi connectivity index (χ1n) is 5.91. The molecule has 2 rings (SSSR count). The van der Waals surface area contributed by atoms with Crippen LogP contribution < -0.4 is 4.72 Å². The first-order valence-corrected chi connectivity index (χ1v) is 8.21. The predicted octanol–water partition coefficient (Wildman–Crippen LogP) is 1.94. The molecule has 0 aliphatic carbocycles. The molecule has 1 heterocycles. The summed E-state index contributed by atoms with van der Waals surface area (Å²) in [4.78, 5) is 11.2. The molecule has 6 nitrogen and oxygen atoms in total. The summed E-state index contributed by atoms with van der Waals surface area (Å²) in [5.74, 6) is -1.17. The molecule has 1 aromatic heterocycles. The number of sulfonamides is 1. The fraction of sp³-hybridized carbons (Fsp3) is 0.154. The van der Waals surface area contributed by atoms with Crippen molar-refractivity contribution in [3.63, 3.8) is 0 Å². The van der Waals surface area contributed by atoms with E-state index in [9.17, 15) is 18.3 Å². The largest absolute Gasteiger partial charge is 0.508 e. The Bertz CT molecular complexity index is 780. The van der Waals surface area contributed by atoms with Gasteiger partial charge in [0.25, 0.3) is 0 Å². The summed E-state index contributed by atoms with van der Waals surface area (Å²) in [6.45, 7) is 1.47. The SMILES string of the molecule is Cc1sc(C(=O)O)cc1S(=O)(=O)NCc1ccccc1O. The van der Waals surface area contributed by atoms with Gasteiger partial charge in [-0.25, -0.2) is 17.9 Å². The molecule has 3 N–H and O–H groups in total. The molecule has 0 fully saturated rings. The molecule has 0 radical (unpaired) electrons. The van der Waals surface area contributed by atoms with E-state index in [1.165, 1.54) is 6.07 Å². The van der Waals surface area contributed by atoms with Crippen LogP contribution >= 0.6 is 11.3 Å². The van der Waals surface area contributed by atoms with Crippen molar-refractivity contribution in [1.82, 2.24) is 4.72 Å². The van der Waals surface area contributed by atoms with Crippen LogP contribution in [0.4, 0.5) is 0 Å². The van der Waals surface area contributed by atoms with E-state index in [2.05, 4.69) is 4.72 Å². The van der Waals surface area contributed by atoms with Crippen molar-refractivity contribution in [1.29, 1.82) is 0 Å². The van der Waals surface area contributed by atoms with E-state index in [1.807, 2.05) is 0 Å². The van der Waals surface area contributed by atoms with Crippen LogP contribution in [0.15, 0.2) is 35.2 Å². The third kappa shape index (κ3) is 3.41. The number of carboxylic acids is 1. The number of carboxylic acid groups (broad SMARTS) is 1. The Labute approximate surface area is 125 Å². The zero-order valence-electron chi connectivity index (χ0n) is 11.0. The van der Waals surface area contributed by atoms with Crippen LogP contribution in [-0.2, 0) is 16.6 Å². The molecule has 0 amide bonds. The number of hydrogen-bond donors (Lipinski definition) is 3. The van der Waals surface area contributed by atoms with E-state index >= 15 is 0 Å². The lowest BCUT2D eigenvalue weighted by Crippen LogP contribution is -2.23. The molecule has 8 heteroatoms. The Morgan fingerprint density at radius 1 is 1.33 bits per heavy atom. The maximum Gasteiger partial charge on any atom is 0.345 e. The summed E-state index contributed by atoms with van der Waals surface area (Å²) in [7, 11) is -3.83. The van der Waals surface area contributed by atoms with E-state index in [4.69, 9.17) is 5.11 Å². The number of phenolic OH excluding ortho intramolecular Hbond substituents is 1. The number of benzene rings is 1. The Hall–Kier alpha value is -1.90. The highest BCUT2D eigenvalue weighted by molar-refractivity contribution is 7.89. The van der Waals surface area contributed by atoms with Crippen LogP contribution in [0, 0.1) is 6.92 Å². The van der Waals surface area contributed by atoms with Crippen molar-refractivity contribution in [3.05, 3.63) is 45.6 Å². The van der Waals surface area contributed by atoms with E-state index in [-0.39, 0.29) is 22.1 Å². The second kappa shape index (κ2) is 5.84. The molecule has 0 unspecified atom stereocenters. The van der Waals surface area contributed by atoms with Gasteiger partial charge >= 0.3 is 5.97 Å². The summed E-state index contributed by atoms with van der Waals surface area (Å²) in [5.41, 5.74) is 0.437. The minimum Gasteiger partial charge on any atom is -0.508 e. The first kappa shape index (κ1) is 15.5. The highest BCUT2D eigenvalue weighted by Gasteiger charge is 2.22. The molecule has 0 aliphatic rings. The molecule has 0 atom stereocenters. The summed E-state index contributed by atoms with van der Waals surface area (Å²) in [6.07, 6.45) is 0. The van der Waals surface area contributed by atoms with Gasteiger partial charge in [0.05, 0.1) is 4.90 Å². The highest BCUT2D eigenvalue weighted by atomic mass is 32.2. The molecule has 0 spiro atoms. The number of aromatic carboxylic acids is 1. The van der Waals surface area contributed by atoms with Gasteiger partial charge in [0.15, 0.2) is 0 Å². The quantitative estimate of drug-likeness (QED) is 0.778. The molecule has 1 aromatic carbocycles. The van der Waals surface area contributed by atoms with Gasteiger partial charge < -0.3 is 10.2 Å². The van der Waals surface area contributed by atoms with Crippen molar-refractivity contribution in [2.45, 2.75) is 18.4 Å². The molecule has 0 bridgehead atoms. The zero-order valence-corrected chi connectivity index (χ0v) is 12.7. The third-order valence-corrected chi connectivity index (χ3v) is 5.51. The first-order chi connectivity index (χ1) is 9.81. The number of rotatable bonds is 5. The Morgan fingerprint density at radius 2 is 2.00 bits per heavy atom. The fourth-order valence-corrected chi connectivity index (χ4v) is 4.18. The molecular formula is C13H13NO5S2. The average molecular weight is 327 g/mol. The van der Waals surface area contributed by atoms with Gasteiger partial charge in [-0.15, -0.1) is 11.3 Å². The second-order valence-electron chi connectivity index (χ2n) is 4.29. The van der Waals surface area contributed by atoms with Crippen LogP contribution in [0.2, 0.25) is 0 Å². The molecule has 0 saturated carbocycles. The lowest BCUT2D eigenvalue weighted by molar-refractivity contribution is 0.0702. The number of aromatic hydroxyl groups is 1. The van der Waals surface area contributed by atoms with Gasteiger partial charge in [0, 0.05) is 17.0 Å². The van der Waals surface area contributed by atoms with Gasteiger partial charge in [0.2, 0.25) is 10.0 Å². The Morgan fingerprint density at radius 3 is 2.57 bits per heavy atom. The van der Waals surface area contributed by atoms with Gasteiger partial charge in [-0.1, -0.05) is 18.2 Å². The average Bonchev–Trinajstić information content (AvgIpc) is 2.81. The second-order valence-corrected chi connectivity index (χ2v) is 7.28. The van der Waals surface area contributed by atoms with Crippen molar-refractivity contribution in [2.24, 2.45) is 0 Å². The smallest absolute Gasteiger partial charge is 0.345 e. The lowest BCUT2D eigenvalue weighted by Gasteiger charge is -2.07. The van der Waals surface area contributed by atoms with Crippen molar-refractivity contribution >= 4 is 27.3 Å². The molecule has 21 heavy (non-hydrogen) atoms. The van der Waals surface area contributed by atoms with Crippen LogP contribution in [0.5, 0.6) is 5.75 Å². The summed E-state index contributed by atoms with van der Waals surface area (Å²) >= 11 is 0.906. The fourth-order valence-electron chi connectivity index (χ4n) is 1.75. The van der Waals surface area contributed by atoms with E-state index in [0.717, 1.165) is 17.4 Å². The third-order valence-electron chi connectivity index (χ3n) is 2.82. The Balaban J connectivity index is 2.23. The van der Waals surface area contributed by atoms with Crippen LogP contribution in [0.1, 0.15) is 20.1 Å². The van der Waals surface area contributed by atoms with Crippen LogP contribution in [-0.4, -0.2) is 24.6 Å². The number of carbonyl (C=O) groups is 1. The van der Waals surface area contributed by atoms with E-state index < -0.39 is 16.0 Å². The summed E-state index contributed by atoms with van der Waals surface area (Å²) < 4.78 is 26.7. The predicted molar refractivity (Wildman–Crippen MR) is 78.1 cm³/mol. The van der Waals surface area contributed by atoms with Gasteiger partial charge in [-0.3, -0.25) is 0 Å². The van der Waals surface area contributed by atoms with Crippen molar-refractivity contribution in [3.8, 4) is 5.75 Å². The number of hydrogen-bond acceptors (Lipinski definition) is 5. The standard InChI is InChI=1S/C13H13NO5S2/c1-8-12(6-11(20-8)13(16)17)21(18,19)14-7-9-4-2-3-5-10(9)15/h2-6,14-15H,7H2,1H3,(H,16,17). The Kier molecular flexibility index (Phi) is 4.31. The van der Waals surface area contributed by atoms with Crippen molar-refractivity contribution in [2.75, 3.05) is 0 Å². The van der Waals surface area contributed by atoms with Crippen LogP contribution in [0.3, 0.4) is 0 Å². The number of para-hydroxylation sites is 1. The normalized spacial score (nSPS) is 11.5. The minimum absolute atomic E-state index is 0.00605. The number of nitrogens with one attached hydrogen (secondary N) is 1. The minimum atomic E-state index is -3.83. The van der Waals surface area contributed by atoms with E-state index in [1.54, 1.807) is 25.1 Å².